The predicted molar refractivity (Wildman–Crippen MR) is 96.7 cm³/mol. The Bertz CT molecular complexity index is 851. The number of hydrogen-bond acceptors (Lipinski definition) is 4. The summed E-state index contributed by atoms with van der Waals surface area (Å²) in [5.41, 5.74) is 2.26. The summed E-state index contributed by atoms with van der Waals surface area (Å²) in [6.07, 6.45) is -0.844. The molecule has 0 radical (unpaired) electrons. The number of halogens is 2. The molecule has 1 heterocycles. The zero-order chi connectivity index (χ0) is 17.1. The van der Waals surface area contributed by atoms with E-state index >= 15 is 0 Å². The van der Waals surface area contributed by atoms with Crippen LogP contribution in [0.1, 0.15) is 11.7 Å². The van der Waals surface area contributed by atoms with Gasteiger partial charge < -0.3 is 20.1 Å². The van der Waals surface area contributed by atoms with Crippen molar-refractivity contribution in [1.82, 2.24) is 9.55 Å². The zero-order valence-corrected chi connectivity index (χ0v) is 14.3. The molecule has 0 saturated heterocycles. The van der Waals surface area contributed by atoms with Crippen molar-refractivity contribution in [3.63, 3.8) is 0 Å². The van der Waals surface area contributed by atoms with Crippen LogP contribution in [0.4, 0.5) is 5.95 Å². The van der Waals surface area contributed by atoms with Gasteiger partial charge in [-0.05, 0) is 30.3 Å². The molecular formula is C17H17Cl2N3O2. The number of imidazole rings is 1. The van der Waals surface area contributed by atoms with Crippen LogP contribution in [0.5, 0.6) is 0 Å². The highest BCUT2D eigenvalue weighted by atomic mass is 35.5. The molecule has 3 rings (SSSR count). The van der Waals surface area contributed by atoms with Gasteiger partial charge in [0, 0.05) is 22.2 Å². The minimum atomic E-state index is -0.844. The number of rotatable bonds is 6. The first kappa shape index (κ1) is 17.0. The number of nitrogens with one attached hydrogen (secondary N) is 1. The van der Waals surface area contributed by atoms with Crippen LogP contribution in [-0.4, -0.2) is 32.9 Å². The van der Waals surface area contributed by atoms with Crippen LogP contribution in [0.25, 0.3) is 11.0 Å². The monoisotopic (exact) mass is 365 g/mol. The molecule has 0 aliphatic rings. The van der Waals surface area contributed by atoms with Crippen LogP contribution >= 0.6 is 23.2 Å². The van der Waals surface area contributed by atoms with Crippen LogP contribution in [-0.2, 0) is 6.54 Å². The molecule has 3 N–H and O–H groups in total. The van der Waals surface area contributed by atoms with Gasteiger partial charge in [-0.2, -0.15) is 0 Å². The van der Waals surface area contributed by atoms with Gasteiger partial charge in [-0.1, -0.05) is 35.3 Å². The first-order valence-corrected chi connectivity index (χ1v) is 8.28. The highest BCUT2D eigenvalue weighted by Gasteiger charge is 2.17. The summed E-state index contributed by atoms with van der Waals surface area (Å²) in [5, 5.41) is 23.7. The number of aromatic nitrogens is 2. The smallest absolute Gasteiger partial charge is 0.204 e. The van der Waals surface area contributed by atoms with E-state index in [-0.39, 0.29) is 13.2 Å². The minimum Gasteiger partial charge on any atom is -0.395 e. The van der Waals surface area contributed by atoms with Crippen molar-refractivity contribution >= 4 is 40.2 Å². The van der Waals surface area contributed by atoms with E-state index in [4.69, 9.17) is 28.3 Å². The predicted octanol–water partition coefficient (Wildman–Crippen LogP) is 3.48. The maximum Gasteiger partial charge on any atom is 0.204 e. The first-order valence-electron chi connectivity index (χ1n) is 7.53. The summed E-state index contributed by atoms with van der Waals surface area (Å²) in [6.45, 7) is 0.623. The molecule has 0 saturated carbocycles. The summed E-state index contributed by atoms with van der Waals surface area (Å²) in [5.74, 6) is 0.586. The Balaban J connectivity index is 1.97. The topological polar surface area (TPSA) is 70.3 Å². The second-order valence-electron chi connectivity index (χ2n) is 5.37. The molecule has 0 amide bonds. The Morgan fingerprint density at radius 1 is 1.17 bits per heavy atom. The number of aliphatic hydroxyl groups is 2. The molecule has 7 heteroatoms. The van der Waals surface area contributed by atoms with E-state index in [1.807, 2.05) is 28.8 Å². The third-order valence-electron chi connectivity index (χ3n) is 3.72. The van der Waals surface area contributed by atoms with Gasteiger partial charge in [0.1, 0.15) is 0 Å². The quantitative estimate of drug-likeness (QED) is 0.625. The molecule has 1 atom stereocenters. The van der Waals surface area contributed by atoms with Crippen molar-refractivity contribution in [2.24, 2.45) is 0 Å². The molecule has 3 aromatic rings. The van der Waals surface area contributed by atoms with Gasteiger partial charge in [-0.25, -0.2) is 4.98 Å². The molecule has 0 spiro atoms. The third kappa shape index (κ3) is 3.49. The molecule has 5 nitrogen and oxygen atoms in total. The molecule has 24 heavy (non-hydrogen) atoms. The Morgan fingerprint density at radius 3 is 2.75 bits per heavy atom. The standard InChI is InChI=1S/C17H17Cl2N3O2/c18-11-5-6-13(19)12(9-11)16(24)10-22-15-4-2-1-3-14(15)21-17(22)20-7-8-23/h1-6,9,16,23-24H,7-8,10H2,(H,20,21)/t16-/m0/s1. The fourth-order valence-corrected chi connectivity index (χ4v) is 3.03. The van der Waals surface area contributed by atoms with E-state index in [0.29, 0.717) is 28.1 Å². The normalized spacial score (nSPS) is 12.5. The van der Waals surface area contributed by atoms with Crippen molar-refractivity contribution in [3.8, 4) is 0 Å². The number of benzene rings is 2. The van der Waals surface area contributed by atoms with Gasteiger partial charge >= 0.3 is 0 Å². The number of aliphatic hydroxyl groups excluding tert-OH is 2. The fraction of sp³-hybridized carbons (Fsp3) is 0.235. The highest BCUT2D eigenvalue weighted by Crippen LogP contribution is 2.29. The van der Waals surface area contributed by atoms with Crippen molar-refractivity contribution < 1.29 is 10.2 Å². The Morgan fingerprint density at radius 2 is 1.96 bits per heavy atom. The van der Waals surface area contributed by atoms with E-state index in [1.165, 1.54) is 0 Å². The van der Waals surface area contributed by atoms with Crippen molar-refractivity contribution in [2.45, 2.75) is 12.6 Å². The van der Waals surface area contributed by atoms with Gasteiger partial charge in [-0.3, -0.25) is 0 Å². The number of fused-ring (bicyclic) bond motifs is 1. The van der Waals surface area contributed by atoms with E-state index in [1.54, 1.807) is 18.2 Å². The van der Waals surface area contributed by atoms with Crippen LogP contribution in [0.2, 0.25) is 10.0 Å². The fourth-order valence-electron chi connectivity index (χ4n) is 2.60. The lowest BCUT2D eigenvalue weighted by atomic mass is 10.1. The Labute approximate surface area is 149 Å². The second kappa shape index (κ2) is 7.40. The van der Waals surface area contributed by atoms with E-state index in [0.717, 1.165) is 11.0 Å². The molecule has 1 aromatic heterocycles. The van der Waals surface area contributed by atoms with Gasteiger partial charge in [0.05, 0.1) is 30.3 Å². The van der Waals surface area contributed by atoms with Gasteiger partial charge in [-0.15, -0.1) is 0 Å². The third-order valence-corrected chi connectivity index (χ3v) is 4.30. The Kier molecular flexibility index (Phi) is 5.26. The molecular weight excluding hydrogens is 349 g/mol. The summed E-state index contributed by atoms with van der Waals surface area (Å²) in [7, 11) is 0. The Hall–Kier alpha value is -1.79. The van der Waals surface area contributed by atoms with E-state index in [9.17, 15) is 5.11 Å². The number of para-hydroxylation sites is 2. The number of hydrogen-bond donors (Lipinski definition) is 3. The van der Waals surface area contributed by atoms with Crippen LogP contribution in [0, 0.1) is 0 Å². The van der Waals surface area contributed by atoms with Gasteiger partial charge in [0.25, 0.3) is 0 Å². The van der Waals surface area contributed by atoms with Crippen molar-refractivity contribution in [1.29, 1.82) is 0 Å². The molecule has 126 valence electrons. The maximum atomic E-state index is 10.6. The van der Waals surface area contributed by atoms with Gasteiger partial charge in [0.15, 0.2) is 0 Å². The number of anilines is 1. The molecule has 2 aromatic carbocycles. The summed E-state index contributed by atoms with van der Waals surface area (Å²) in [6, 6.07) is 12.6. The lowest BCUT2D eigenvalue weighted by Crippen LogP contribution is -2.15. The van der Waals surface area contributed by atoms with Crippen molar-refractivity contribution in [3.05, 3.63) is 58.1 Å². The lowest BCUT2D eigenvalue weighted by Gasteiger charge is -2.17. The minimum absolute atomic E-state index is 0.00806. The zero-order valence-electron chi connectivity index (χ0n) is 12.8. The van der Waals surface area contributed by atoms with Gasteiger partial charge in [0.2, 0.25) is 5.95 Å². The second-order valence-corrected chi connectivity index (χ2v) is 6.21. The maximum absolute atomic E-state index is 10.6. The SMILES string of the molecule is OCCNc1nc2ccccc2n1C[C@H](O)c1cc(Cl)ccc1Cl. The van der Waals surface area contributed by atoms with Crippen LogP contribution in [0.15, 0.2) is 42.5 Å². The molecule has 0 fully saturated rings. The summed E-state index contributed by atoms with van der Waals surface area (Å²) in [4.78, 5) is 4.51. The van der Waals surface area contributed by atoms with E-state index < -0.39 is 6.10 Å². The average Bonchev–Trinajstić information content (AvgIpc) is 2.93. The summed E-state index contributed by atoms with van der Waals surface area (Å²) < 4.78 is 1.87. The summed E-state index contributed by atoms with van der Waals surface area (Å²) >= 11 is 12.2. The first-order chi connectivity index (χ1) is 11.6. The lowest BCUT2D eigenvalue weighted by molar-refractivity contribution is 0.158. The highest BCUT2D eigenvalue weighted by molar-refractivity contribution is 6.33. The van der Waals surface area contributed by atoms with Crippen LogP contribution in [0.3, 0.4) is 0 Å². The molecule has 0 aliphatic carbocycles. The van der Waals surface area contributed by atoms with Crippen LogP contribution < -0.4 is 5.32 Å². The molecule has 0 unspecified atom stereocenters. The average molecular weight is 366 g/mol. The van der Waals surface area contributed by atoms with E-state index in [2.05, 4.69) is 10.3 Å². The largest absolute Gasteiger partial charge is 0.395 e. The molecule has 0 aliphatic heterocycles. The molecule has 0 bridgehead atoms. The number of nitrogens with zero attached hydrogens (tertiary/aromatic N) is 2. The van der Waals surface area contributed by atoms with Crippen molar-refractivity contribution in [2.75, 3.05) is 18.5 Å².